The Morgan fingerprint density at radius 2 is 1.70 bits per heavy atom. The molecule has 0 saturated heterocycles. The Balaban J connectivity index is 1.74. The van der Waals surface area contributed by atoms with Crippen LogP contribution in [0.5, 0.6) is 0 Å². The van der Waals surface area contributed by atoms with Crippen LogP contribution in [0.2, 0.25) is 14.8 Å². The maximum atomic E-state index is 13.7. The van der Waals surface area contributed by atoms with Crippen LogP contribution < -0.4 is 0 Å². The molecule has 2 unspecified atom stereocenters. The van der Waals surface area contributed by atoms with Crippen LogP contribution in [-0.4, -0.2) is 36.6 Å². The molecule has 0 N–H and O–H groups in total. The second-order valence-corrected chi connectivity index (χ2v) is 23.9. The van der Waals surface area contributed by atoms with Gasteiger partial charge in [-0.2, -0.15) is 0 Å². The van der Waals surface area contributed by atoms with Gasteiger partial charge >= 0.3 is 168 Å². The molecule has 2 nitrogen and oxygen atoms in total. The third-order valence-electron chi connectivity index (χ3n) is 6.30. The Morgan fingerprint density at radius 3 is 2.26 bits per heavy atom. The third kappa shape index (κ3) is 5.58. The summed E-state index contributed by atoms with van der Waals surface area (Å²) in [6, 6.07) is 9.26. The first kappa shape index (κ1) is 20.9. The Hall–Kier alpha value is -0.841. The molecule has 4 heteroatoms. The van der Waals surface area contributed by atoms with Gasteiger partial charge in [-0.3, -0.25) is 0 Å². The van der Waals surface area contributed by atoms with Gasteiger partial charge in [0.05, 0.1) is 0 Å². The number of ether oxygens (including phenoxy) is 1. The van der Waals surface area contributed by atoms with Crippen LogP contribution in [0.4, 0.5) is 4.39 Å². The van der Waals surface area contributed by atoms with Crippen LogP contribution in [0, 0.1) is 11.8 Å². The molecular weight excluding hydrogens is 446 g/mol. The number of halogens is 1. The molecule has 2 atom stereocenters. The van der Waals surface area contributed by atoms with E-state index in [4.69, 9.17) is 4.74 Å². The van der Waals surface area contributed by atoms with Crippen LogP contribution >= 0.6 is 0 Å². The fraction of sp³-hybridized carbons (Fsp3) is 0.609. The first-order chi connectivity index (χ1) is 12.8. The summed E-state index contributed by atoms with van der Waals surface area (Å²) in [5.74, 6) is 0.437. The molecule has 1 fully saturated rings. The molecule has 1 aromatic rings. The molecule has 27 heavy (non-hydrogen) atoms. The van der Waals surface area contributed by atoms with Gasteiger partial charge in [0.2, 0.25) is 0 Å². The van der Waals surface area contributed by atoms with Crippen molar-refractivity contribution >= 4 is 24.3 Å². The van der Waals surface area contributed by atoms with Crippen LogP contribution in [0.1, 0.15) is 55.3 Å². The molecule has 1 aromatic carbocycles. The topological polar surface area (TPSA) is 26.3 Å². The second-order valence-electron chi connectivity index (χ2n) is 9.26. The Bertz CT molecular complexity index is 657. The van der Waals surface area contributed by atoms with Crippen molar-refractivity contribution in [3.8, 4) is 0 Å². The fourth-order valence-electron chi connectivity index (χ4n) is 4.58. The SMILES string of the molecule is [CH3][Sn]([CH3])([CH3])[C]1=CCC(C(OC(=O)c2ccccc2)C2CCC(F)CC2)CC1. The van der Waals surface area contributed by atoms with Crippen molar-refractivity contribution < 1.29 is 13.9 Å². The summed E-state index contributed by atoms with van der Waals surface area (Å²) in [7, 11) is 0. The second kappa shape index (κ2) is 9.10. The van der Waals surface area contributed by atoms with Crippen LogP contribution in [0.3, 0.4) is 0 Å². The molecule has 0 spiro atoms. The van der Waals surface area contributed by atoms with Gasteiger partial charge in [-0.05, 0) is 0 Å². The predicted octanol–water partition coefficient (Wildman–Crippen LogP) is 6.34. The zero-order chi connectivity index (χ0) is 19.4. The van der Waals surface area contributed by atoms with E-state index in [1.807, 2.05) is 30.3 Å². The van der Waals surface area contributed by atoms with Crippen molar-refractivity contribution in [3.63, 3.8) is 0 Å². The van der Waals surface area contributed by atoms with Crippen LogP contribution in [0.25, 0.3) is 0 Å². The summed E-state index contributed by atoms with van der Waals surface area (Å²) in [5.41, 5.74) is 0.611. The first-order valence-corrected chi connectivity index (χ1v) is 20.4. The summed E-state index contributed by atoms with van der Waals surface area (Å²) in [6.07, 6.45) is 7.83. The van der Waals surface area contributed by atoms with E-state index < -0.39 is 24.5 Å². The molecule has 0 aliphatic heterocycles. The number of allylic oxidation sites excluding steroid dienone is 2. The van der Waals surface area contributed by atoms with E-state index in [0.29, 0.717) is 30.2 Å². The molecule has 148 valence electrons. The Morgan fingerprint density at radius 1 is 1.04 bits per heavy atom. The van der Waals surface area contributed by atoms with Gasteiger partial charge in [0.25, 0.3) is 0 Å². The normalized spacial score (nSPS) is 27.6. The molecule has 0 bridgehead atoms. The van der Waals surface area contributed by atoms with Crippen LogP contribution in [0.15, 0.2) is 40.0 Å². The van der Waals surface area contributed by atoms with E-state index in [1.165, 1.54) is 0 Å². The van der Waals surface area contributed by atoms with Crippen molar-refractivity contribution in [3.05, 3.63) is 45.6 Å². The average molecular weight is 479 g/mol. The summed E-state index contributed by atoms with van der Waals surface area (Å²) in [5, 5.41) is 0. The van der Waals surface area contributed by atoms with Crippen molar-refractivity contribution in [2.24, 2.45) is 11.8 Å². The number of rotatable bonds is 5. The molecule has 3 rings (SSSR count). The summed E-state index contributed by atoms with van der Waals surface area (Å²) in [6.45, 7) is 0. The quantitative estimate of drug-likeness (QED) is 0.364. The molecule has 0 aromatic heterocycles. The van der Waals surface area contributed by atoms with Crippen molar-refractivity contribution in [1.82, 2.24) is 0 Å². The van der Waals surface area contributed by atoms with E-state index in [2.05, 4.69) is 20.9 Å². The molecule has 2 aliphatic carbocycles. The zero-order valence-electron chi connectivity index (χ0n) is 16.9. The van der Waals surface area contributed by atoms with E-state index in [9.17, 15) is 9.18 Å². The van der Waals surface area contributed by atoms with E-state index in [0.717, 1.165) is 32.1 Å². The van der Waals surface area contributed by atoms with E-state index in [-0.39, 0.29) is 12.1 Å². The Labute approximate surface area is 167 Å². The predicted molar refractivity (Wildman–Crippen MR) is 111 cm³/mol. The minimum atomic E-state index is -1.99. The Kier molecular flexibility index (Phi) is 7.04. The molecule has 1 saturated carbocycles. The molecular formula is C23H33FO2Sn. The van der Waals surface area contributed by atoms with Crippen molar-refractivity contribution in [2.45, 2.75) is 72.0 Å². The molecule has 0 heterocycles. The van der Waals surface area contributed by atoms with Crippen LogP contribution in [-0.2, 0) is 4.74 Å². The van der Waals surface area contributed by atoms with Gasteiger partial charge in [0.1, 0.15) is 0 Å². The van der Waals surface area contributed by atoms with Crippen molar-refractivity contribution in [2.75, 3.05) is 0 Å². The average Bonchev–Trinajstić information content (AvgIpc) is 2.67. The molecule has 0 radical (unpaired) electrons. The number of carbonyl (C=O) groups is 1. The first-order valence-electron chi connectivity index (χ1n) is 10.4. The van der Waals surface area contributed by atoms with Gasteiger partial charge in [-0.1, -0.05) is 0 Å². The number of esters is 1. The van der Waals surface area contributed by atoms with Gasteiger partial charge in [0.15, 0.2) is 0 Å². The van der Waals surface area contributed by atoms with E-state index >= 15 is 0 Å². The fourth-order valence-corrected chi connectivity index (χ4v) is 9.22. The number of carbonyl (C=O) groups excluding carboxylic acids is 1. The van der Waals surface area contributed by atoms with Gasteiger partial charge in [-0.25, -0.2) is 0 Å². The summed E-state index contributed by atoms with van der Waals surface area (Å²) < 4.78 is 21.5. The van der Waals surface area contributed by atoms with Gasteiger partial charge in [-0.15, -0.1) is 0 Å². The number of hydrogen-bond acceptors (Lipinski definition) is 2. The monoisotopic (exact) mass is 480 g/mol. The van der Waals surface area contributed by atoms with Gasteiger partial charge < -0.3 is 0 Å². The van der Waals surface area contributed by atoms with Crippen molar-refractivity contribution in [1.29, 1.82) is 0 Å². The number of benzene rings is 1. The van der Waals surface area contributed by atoms with Gasteiger partial charge in [0, 0.05) is 0 Å². The summed E-state index contributed by atoms with van der Waals surface area (Å²) >= 11 is -1.99. The number of hydrogen-bond donors (Lipinski definition) is 0. The number of alkyl halides is 1. The zero-order valence-corrected chi connectivity index (χ0v) is 19.8. The van der Waals surface area contributed by atoms with E-state index in [1.54, 1.807) is 3.59 Å². The molecule has 0 amide bonds. The maximum absolute atomic E-state index is 13.7. The molecule has 2 aliphatic rings. The third-order valence-corrected chi connectivity index (χ3v) is 13.1. The minimum absolute atomic E-state index is 0.0850. The standard InChI is InChI=1S/C20H24FO2.3CH3.Sn/c21-18-13-11-16(12-14-18)19(15-7-3-1-4-8-15)23-20(22)17-9-5-2-6-10-17;;;;/h2-3,5-6,9-10,15-16,18-19H,4,7-8,11-14H2;3*1H3;. The summed E-state index contributed by atoms with van der Waals surface area (Å²) in [4.78, 5) is 20.1.